The number of aromatic hydroxyl groups is 1. The van der Waals surface area contributed by atoms with Crippen LogP contribution in [0.2, 0.25) is 0 Å². The first-order chi connectivity index (χ1) is 8.54. The zero-order valence-electron chi connectivity index (χ0n) is 10.8. The topological polar surface area (TPSA) is 85.9 Å². The smallest absolute Gasteiger partial charge is 0.223 e. The minimum absolute atomic E-state index is 0.00725. The first kappa shape index (κ1) is 14.7. The molecule has 0 saturated carbocycles. The molecule has 18 heavy (non-hydrogen) atoms. The largest absolute Gasteiger partial charge is 0.503 e. The van der Waals surface area contributed by atoms with Crippen molar-refractivity contribution in [3.05, 3.63) is 27.7 Å². The number of nitrogens with zero attached hydrogens (tertiary/aromatic N) is 2. The fourth-order valence-corrected chi connectivity index (χ4v) is 1.93. The van der Waals surface area contributed by atoms with Gasteiger partial charge in [-0.3, -0.25) is 9.69 Å². The molecule has 102 valence electrons. The Hall–Kier alpha value is -1.37. The Morgan fingerprint density at radius 2 is 2.06 bits per heavy atom. The van der Waals surface area contributed by atoms with Gasteiger partial charge in [-0.25, -0.2) is 0 Å². The summed E-state index contributed by atoms with van der Waals surface area (Å²) in [6.07, 6.45) is 0. The molecular formula is C12H20N2O4. The van der Waals surface area contributed by atoms with Crippen LogP contribution in [0.5, 0.6) is 5.75 Å². The van der Waals surface area contributed by atoms with Crippen LogP contribution in [0.15, 0.2) is 10.9 Å². The molecule has 3 N–H and O–H groups in total. The van der Waals surface area contributed by atoms with Gasteiger partial charge in [-0.15, -0.1) is 0 Å². The second-order valence-corrected chi connectivity index (χ2v) is 4.16. The van der Waals surface area contributed by atoms with Crippen LogP contribution < -0.4 is 5.43 Å². The van der Waals surface area contributed by atoms with Crippen molar-refractivity contribution < 1.29 is 15.3 Å². The average Bonchev–Trinajstić information content (AvgIpc) is 2.35. The summed E-state index contributed by atoms with van der Waals surface area (Å²) in [6.45, 7) is 2.96. The third kappa shape index (κ3) is 3.10. The Balaban J connectivity index is 3.22. The van der Waals surface area contributed by atoms with Crippen LogP contribution in [0.4, 0.5) is 0 Å². The van der Waals surface area contributed by atoms with Gasteiger partial charge in [0.25, 0.3) is 0 Å². The Morgan fingerprint density at radius 3 is 2.56 bits per heavy atom. The van der Waals surface area contributed by atoms with E-state index >= 15 is 0 Å². The number of hydrogen-bond acceptors (Lipinski definition) is 5. The number of likely N-dealkylation sites (N-methyl/N-ethyl adjacent to an activating group) is 1. The molecule has 0 spiro atoms. The summed E-state index contributed by atoms with van der Waals surface area (Å²) >= 11 is 0. The Morgan fingerprint density at radius 1 is 1.39 bits per heavy atom. The van der Waals surface area contributed by atoms with Crippen molar-refractivity contribution in [2.24, 2.45) is 0 Å². The van der Waals surface area contributed by atoms with E-state index in [9.17, 15) is 15.0 Å². The van der Waals surface area contributed by atoms with Gasteiger partial charge in [0.05, 0.1) is 18.9 Å². The third-order valence-corrected chi connectivity index (χ3v) is 2.86. The molecule has 1 rings (SSSR count). The summed E-state index contributed by atoms with van der Waals surface area (Å²) in [5, 5.41) is 27.9. The van der Waals surface area contributed by atoms with E-state index in [0.29, 0.717) is 31.0 Å². The predicted octanol–water partition coefficient (Wildman–Crippen LogP) is -0.510. The van der Waals surface area contributed by atoms with E-state index in [2.05, 4.69) is 0 Å². The maximum Gasteiger partial charge on any atom is 0.223 e. The van der Waals surface area contributed by atoms with Crippen LogP contribution in [0, 0.1) is 0 Å². The fraction of sp³-hybridized carbons (Fsp3) is 0.583. The number of aliphatic hydroxyl groups is 2. The quantitative estimate of drug-likeness (QED) is 0.638. The first-order valence-corrected chi connectivity index (χ1v) is 5.89. The lowest BCUT2D eigenvalue weighted by atomic mass is 10.2. The highest BCUT2D eigenvalue weighted by molar-refractivity contribution is 5.30. The molecule has 0 bridgehead atoms. The Bertz CT molecular complexity index is 456. The average molecular weight is 256 g/mol. The van der Waals surface area contributed by atoms with E-state index in [1.807, 2.05) is 6.92 Å². The van der Waals surface area contributed by atoms with Crippen LogP contribution in [0.1, 0.15) is 18.3 Å². The van der Waals surface area contributed by atoms with E-state index < -0.39 is 5.43 Å². The lowest BCUT2D eigenvalue weighted by molar-refractivity contribution is 0.210. The predicted molar refractivity (Wildman–Crippen MR) is 67.4 cm³/mol. The number of aliphatic hydroxyl groups excluding tert-OH is 2. The Labute approximate surface area is 106 Å². The van der Waals surface area contributed by atoms with Crippen molar-refractivity contribution in [3.63, 3.8) is 0 Å². The summed E-state index contributed by atoms with van der Waals surface area (Å²) in [5.41, 5.74) is 0.453. The lowest BCUT2D eigenvalue weighted by Crippen LogP contribution is -2.26. The van der Waals surface area contributed by atoms with E-state index in [1.54, 1.807) is 16.5 Å². The highest BCUT2D eigenvalue weighted by atomic mass is 16.3. The normalized spacial score (nSPS) is 11.2. The zero-order valence-corrected chi connectivity index (χ0v) is 10.8. The number of pyridine rings is 1. The molecule has 1 heterocycles. The maximum absolute atomic E-state index is 11.6. The third-order valence-electron chi connectivity index (χ3n) is 2.86. The van der Waals surface area contributed by atoms with Crippen LogP contribution in [-0.4, -0.2) is 45.0 Å². The molecular weight excluding hydrogens is 236 g/mol. The highest BCUT2D eigenvalue weighted by Gasteiger charge is 2.15. The summed E-state index contributed by atoms with van der Waals surface area (Å²) in [4.78, 5) is 13.4. The van der Waals surface area contributed by atoms with Crippen molar-refractivity contribution in [2.75, 3.05) is 20.2 Å². The van der Waals surface area contributed by atoms with Crippen molar-refractivity contribution >= 4 is 0 Å². The van der Waals surface area contributed by atoms with Gasteiger partial charge in [-0.05, 0) is 14.0 Å². The van der Waals surface area contributed by atoms with Crippen molar-refractivity contribution in [1.29, 1.82) is 0 Å². The molecule has 0 aliphatic carbocycles. The van der Waals surface area contributed by atoms with Crippen molar-refractivity contribution in [2.45, 2.75) is 26.6 Å². The fourth-order valence-electron chi connectivity index (χ4n) is 1.93. The molecule has 1 aromatic heterocycles. The zero-order chi connectivity index (χ0) is 13.7. The maximum atomic E-state index is 11.6. The highest BCUT2D eigenvalue weighted by Crippen LogP contribution is 2.16. The van der Waals surface area contributed by atoms with Gasteiger partial charge < -0.3 is 19.9 Å². The molecule has 0 fully saturated rings. The lowest BCUT2D eigenvalue weighted by Gasteiger charge is -2.21. The number of rotatable bonds is 6. The molecule has 0 aromatic carbocycles. The van der Waals surface area contributed by atoms with Crippen LogP contribution in [0.3, 0.4) is 0 Å². The summed E-state index contributed by atoms with van der Waals surface area (Å²) < 4.78 is 1.71. The van der Waals surface area contributed by atoms with E-state index in [4.69, 9.17) is 5.11 Å². The van der Waals surface area contributed by atoms with Crippen molar-refractivity contribution in [3.8, 4) is 5.75 Å². The number of aromatic nitrogens is 1. The van der Waals surface area contributed by atoms with Crippen LogP contribution >= 0.6 is 0 Å². The second-order valence-electron chi connectivity index (χ2n) is 4.16. The van der Waals surface area contributed by atoms with Gasteiger partial charge in [0.2, 0.25) is 5.43 Å². The molecule has 0 amide bonds. The van der Waals surface area contributed by atoms with Gasteiger partial charge in [-0.1, -0.05) is 0 Å². The summed E-state index contributed by atoms with van der Waals surface area (Å²) in [5.74, 6) is -0.293. The molecule has 0 aliphatic rings. The van der Waals surface area contributed by atoms with Crippen molar-refractivity contribution in [1.82, 2.24) is 9.47 Å². The first-order valence-electron chi connectivity index (χ1n) is 5.89. The van der Waals surface area contributed by atoms with Crippen LogP contribution in [-0.2, 0) is 19.7 Å². The van der Waals surface area contributed by atoms with Gasteiger partial charge >= 0.3 is 0 Å². The second kappa shape index (κ2) is 6.53. The van der Waals surface area contributed by atoms with Gasteiger partial charge in [0, 0.05) is 31.4 Å². The summed E-state index contributed by atoms with van der Waals surface area (Å²) in [6, 6.07) is 1.24. The molecule has 6 heteroatoms. The molecule has 1 aromatic rings. The van der Waals surface area contributed by atoms with Gasteiger partial charge in [0.1, 0.15) is 0 Å². The molecule has 0 unspecified atom stereocenters. The Kier molecular flexibility index (Phi) is 5.33. The molecule has 6 nitrogen and oxygen atoms in total. The standard InChI is InChI=1S/C12H20N2O4/c1-3-14-9(8-16)6-11(17)12(18)10(14)7-13(2)4-5-15/h6,15-16,18H,3-5,7-8H2,1-2H3. The van der Waals surface area contributed by atoms with E-state index in [-0.39, 0.29) is 19.0 Å². The van der Waals surface area contributed by atoms with E-state index in [0.717, 1.165) is 0 Å². The summed E-state index contributed by atoms with van der Waals surface area (Å²) in [7, 11) is 1.78. The SMILES string of the molecule is CCn1c(CO)cc(=O)c(O)c1CN(C)CCO. The molecule has 0 atom stereocenters. The molecule has 0 saturated heterocycles. The molecule has 0 radical (unpaired) electrons. The minimum Gasteiger partial charge on any atom is -0.503 e. The molecule has 0 aliphatic heterocycles. The van der Waals surface area contributed by atoms with Crippen LogP contribution in [0.25, 0.3) is 0 Å². The van der Waals surface area contributed by atoms with Gasteiger partial charge in [0.15, 0.2) is 5.75 Å². The monoisotopic (exact) mass is 256 g/mol. The minimum atomic E-state index is -0.490. The number of hydrogen-bond donors (Lipinski definition) is 3. The van der Waals surface area contributed by atoms with E-state index in [1.165, 1.54) is 6.07 Å². The van der Waals surface area contributed by atoms with Gasteiger partial charge in [-0.2, -0.15) is 0 Å².